The largest absolute Gasteiger partial charge is 0.370 e. The summed E-state index contributed by atoms with van der Waals surface area (Å²) in [5, 5.41) is 4.08. The zero-order chi connectivity index (χ0) is 10.7. The van der Waals surface area contributed by atoms with Crippen LogP contribution in [0.5, 0.6) is 0 Å². The van der Waals surface area contributed by atoms with Crippen molar-refractivity contribution in [3.63, 3.8) is 0 Å². The molecule has 1 aromatic rings. The van der Waals surface area contributed by atoms with E-state index in [9.17, 15) is 0 Å². The van der Waals surface area contributed by atoms with Gasteiger partial charge in [0.1, 0.15) is 5.82 Å². The maximum Gasteiger partial charge on any atom is 0.126 e. The molecule has 1 N–H and O–H groups in total. The lowest BCUT2D eigenvalue weighted by molar-refractivity contribution is 0.485. The molecule has 0 spiro atoms. The summed E-state index contributed by atoms with van der Waals surface area (Å²) in [6.45, 7) is 3.30. The molecular formula is C12H17ClN2. The van der Waals surface area contributed by atoms with Crippen LogP contribution in [-0.2, 0) is 0 Å². The van der Waals surface area contributed by atoms with Gasteiger partial charge in [0.15, 0.2) is 0 Å². The van der Waals surface area contributed by atoms with Crippen molar-refractivity contribution >= 4 is 17.4 Å². The van der Waals surface area contributed by atoms with E-state index in [0.29, 0.717) is 10.4 Å². The van der Waals surface area contributed by atoms with Gasteiger partial charge in [0.2, 0.25) is 0 Å². The Hall–Kier alpha value is -0.760. The van der Waals surface area contributed by atoms with E-state index in [0.717, 1.165) is 12.4 Å². The normalized spacial score (nSPS) is 17.5. The molecule has 1 aromatic heterocycles. The molecule has 0 aliphatic heterocycles. The van der Waals surface area contributed by atoms with Gasteiger partial charge in [0, 0.05) is 12.7 Å². The van der Waals surface area contributed by atoms with Gasteiger partial charge < -0.3 is 5.32 Å². The molecule has 15 heavy (non-hydrogen) atoms. The van der Waals surface area contributed by atoms with Gasteiger partial charge in [-0.05, 0) is 36.8 Å². The van der Waals surface area contributed by atoms with Crippen molar-refractivity contribution < 1.29 is 0 Å². The molecule has 0 unspecified atom stereocenters. The van der Waals surface area contributed by atoms with Crippen molar-refractivity contribution in [1.82, 2.24) is 4.98 Å². The molecule has 0 bridgehead atoms. The lowest BCUT2D eigenvalue weighted by Gasteiger charge is -2.15. The van der Waals surface area contributed by atoms with Gasteiger partial charge >= 0.3 is 0 Å². The standard InChI is InChI=1S/C12H17ClN2/c1-2-5-12(6-7-12)9-15-11-4-3-10(13)8-14-11/h3-4,8H,2,5-7,9H2,1H3,(H,14,15). The van der Waals surface area contributed by atoms with Crippen molar-refractivity contribution in [2.45, 2.75) is 32.6 Å². The summed E-state index contributed by atoms with van der Waals surface area (Å²) >= 11 is 5.77. The van der Waals surface area contributed by atoms with E-state index in [2.05, 4.69) is 17.2 Å². The third kappa shape index (κ3) is 2.85. The fraction of sp³-hybridized carbons (Fsp3) is 0.583. The highest BCUT2D eigenvalue weighted by Crippen LogP contribution is 2.49. The molecule has 0 aromatic carbocycles. The number of pyridine rings is 1. The van der Waals surface area contributed by atoms with Crippen molar-refractivity contribution in [2.24, 2.45) is 5.41 Å². The topological polar surface area (TPSA) is 24.9 Å². The predicted octanol–water partition coefficient (Wildman–Crippen LogP) is 3.73. The van der Waals surface area contributed by atoms with Crippen molar-refractivity contribution in [2.75, 3.05) is 11.9 Å². The first-order valence-electron chi connectivity index (χ1n) is 5.60. The second-order valence-corrected chi connectivity index (χ2v) is 4.90. The first-order valence-corrected chi connectivity index (χ1v) is 5.97. The Balaban J connectivity index is 1.85. The van der Waals surface area contributed by atoms with Gasteiger partial charge in [0.25, 0.3) is 0 Å². The Morgan fingerprint density at radius 1 is 1.47 bits per heavy atom. The molecule has 1 aliphatic carbocycles. The molecule has 82 valence electrons. The molecule has 1 fully saturated rings. The predicted molar refractivity (Wildman–Crippen MR) is 64.3 cm³/mol. The number of aromatic nitrogens is 1. The van der Waals surface area contributed by atoms with E-state index >= 15 is 0 Å². The summed E-state index contributed by atoms with van der Waals surface area (Å²) in [5.41, 5.74) is 0.566. The summed E-state index contributed by atoms with van der Waals surface area (Å²) in [6, 6.07) is 3.81. The number of hydrogen-bond acceptors (Lipinski definition) is 2. The average Bonchev–Trinajstić information content (AvgIpc) is 2.99. The third-order valence-electron chi connectivity index (χ3n) is 3.11. The molecule has 1 heterocycles. The fourth-order valence-corrected chi connectivity index (χ4v) is 2.09. The van der Waals surface area contributed by atoms with Gasteiger partial charge in [0.05, 0.1) is 5.02 Å². The zero-order valence-electron chi connectivity index (χ0n) is 9.09. The van der Waals surface area contributed by atoms with Gasteiger partial charge in [-0.3, -0.25) is 0 Å². The van der Waals surface area contributed by atoms with Gasteiger partial charge in [-0.15, -0.1) is 0 Å². The second kappa shape index (κ2) is 4.40. The first-order chi connectivity index (χ1) is 7.24. The van der Waals surface area contributed by atoms with Crippen LogP contribution < -0.4 is 5.32 Å². The maximum absolute atomic E-state index is 5.77. The van der Waals surface area contributed by atoms with Crippen LogP contribution in [0.25, 0.3) is 0 Å². The Bertz CT molecular complexity index is 317. The Morgan fingerprint density at radius 3 is 2.80 bits per heavy atom. The van der Waals surface area contributed by atoms with Crippen LogP contribution in [-0.4, -0.2) is 11.5 Å². The summed E-state index contributed by atoms with van der Waals surface area (Å²) in [4.78, 5) is 4.23. The van der Waals surface area contributed by atoms with E-state index in [4.69, 9.17) is 11.6 Å². The maximum atomic E-state index is 5.77. The molecule has 2 rings (SSSR count). The van der Waals surface area contributed by atoms with Crippen molar-refractivity contribution in [3.05, 3.63) is 23.4 Å². The Kier molecular flexibility index (Phi) is 3.15. The van der Waals surface area contributed by atoms with E-state index < -0.39 is 0 Å². The molecule has 1 saturated carbocycles. The number of nitrogens with one attached hydrogen (secondary N) is 1. The van der Waals surface area contributed by atoms with Crippen LogP contribution >= 0.6 is 11.6 Å². The summed E-state index contributed by atoms with van der Waals surface area (Å²) in [7, 11) is 0. The van der Waals surface area contributed by atoms with Crippen LogP contribution in [0.4, 0.5) is 5.82 Å². The van der Waals surface area contributed by atoms with Crippen LogP contribution in [0.3, 0.4) is 0 Å². The summed E-state index contributed by atoms with van der Waals surface area (Å²) < 4.78 is 0. The fourth-order valence-electron chi connectivity index (χ4n) is 1.98. The third-order valence-corrected chi connectivity index (χ3v) is 3.33. The van der Waals surface area contributed by atoms with Crippen molar-refractivity contribution in [1.29, 1.82) is 0 Å². The molecule has 0 atom stereocenters. The smallest absolute Gasteiger partial charge is 0.126 e. The lowest BCUT2D eigenvalue weighted by atomic mass is 10.0. The molecular weight excluding hydrogens is 208 g/mol. The van der Waals surface area contributed by atoms with Crippen LogP contribution in [0.2, 0.25) is 5.02 Å². The molecule has 2 nitrogen and oxygen atoms in total. The highest BCUT2D eigenvalue weighted by Gasteiger charge is 2.41. The van der Waals surface area contributed by atoms with Crippen LogP contribution in [0.1, 0.15) is 32.6 Å². The van der Waals surface area contributed by atoms with Crippen LogP contribution in [0, 0.1) is 5.41 Å². The molecule has 0 amide bonds. The van der Waals surface area contributed by atoms with Gasteiger partial charge in [-0.25, -0.2) is 4.98 Å². The number of nitrogens with zero attached hydrogens (tertiary/aromatic N) is 1. The molecule has 0 radical (unpaired) electrons. The number of rotatable bonds is 5. The highest BCUT2D eigenvalue weighted by atomic mass is 35.5. The first kappa shape index (κ1) is 10.7. The minimum atomic E-state index is 0.566. The highest BCUT2D eigenvalue weighted by molar-refractivity contribution is 6.30. The SMILES string of the molecule is CCCC1(CNc2ccc(Cl)cn2)CC1. The average molecular weight is 225 g/mol. The molecule has 0 saturated heterocycles. The summed E-state index contributed by atoms with van der Waals surface area (Å²) in [5.74, 6) is 0.932. The number of halogens is 1. The lowest BCUT2D eigenvalue weighted by Crippen LogP contribution is -2.15. The monoisotopic (exact) mass is 224 g/mol. The molecule has 3 heteroatoms. The Morgan fingerprint density at radius 2 is 2.27 bits per heavy atom. The van der Waals surface area contributed by atoms with E-state index in [1.807, 2.05) is 12.1 Å². The van der Waals surface area contributed by atoms with Gasteiger partial charge in [-0.2, -0.15) is 0 Å². The molecule has 1 aliphatic rings. The summed E-state index contributed by atoms with van der Waals surface area (Å²) in [6.07, 6.45) is 7.01. The van der Waals surface area contributed by atoms with E-state index in [-0.39, 0.29) is 0 Å². The minimum absolute atomic E-state index is 0.566. The van der Waals surface area contributed by atoms with Crippen LogP contribution in [0.15, 0.2) is 18.3 Å². The second-order valence-electron chi connectivity index (χ2n) is 4.47. The quantitative estimate of drug-likeness (QED) is 0.825. The number of hydrogen-bond donors (Lipinski definition) is 1. The van der Waals surface area contributed by atoms with E-state index in [1.165, 1.54) is 25.7 Å². The van der Waals surface area contributed by atoms with Gasteiger partial charge in [-0.1, -0.05) is 24.9 Å². The van der Waals surface area contributed by atoms with E-state index in [1.54, 1.807) is 6.20 Å². The number of anilines is 1. The zero-order valence-corrected chi connectivity index (χ0v) is 9.85. The Labute approximate surface area is 96.1 Å². The van der Waals surface area contributed by atoms with Crippen molar-refractivity contribution in [3.8, 4) is 0 Å². The minimum Gasteiger partial charge on any atom is -0.370 e.